The van der Waals surface area contributed by atoms with Gasteiger partial charge in [-0.3, -0.25) is 4.90 Å². The van der Waals surface area contributed by atoms with Gasteiger partial charge in [-0.25, -0.2) is 0 Å². The van der Waals surface area contributed by atoms with Gasteiger partial charge in [0.05, 0.1) is 0 Å². The molecule has 0 unspecified atom stereocenters. The highest BCUT2D eigenvalue weighted by molar-refractivity contribution is 5.35. The van der Waals surface area contributed by atoms with Crippen molar-refractivity contribution in [2.75, 3.05) is 19.7 Å². The molecule has 4 bridgehead atoms. The molecule has 4 fully saturated rings. The van der Waals surface area contributed by atoms with Gasteiger partial charge in [0.25, 0.3) is 0 Å². The summed E-state index contributed by atoms with van der Waals surface area (Å²) >= 11 is 0. The molecule has 2 saturated carbocycles. The van der Waals surface area contributed by atoms with Crippen LogP contribution in [0.5, 0.6) is 0 Å². The van der Waals surface area contributed by atoms with E-state index in [1.807, 2.05) is 5.57 Å². The normalized spacial score (nSPS) is 54.6. The van der Waals surface area contributed by atoms with E-state index in [9.17, 15) is 5.11 Å². The lowest BCUT2D eigenvalue weighted by Crippen LogP contribution is -2.69. The zero-order valence-electron chi connectivity index (χ0n) is 14.9. The van der Waals surface area contributed by atoms with Crippen LogP contribution < -0.4 is 0 Å². The first-order valence-electron chi connectivity index (χ1n) is 10.2. The molecule has 0 radical (unpaired) electrons. The number of piperidine rings is 1. The van der Waals surface area contributed by atoms with Gasteiger partial charge in [-0.05, 0) is 68.6 Å². The minimum absolute atomic E-state index is 0.189. The Balaban J connectivity index is 1.77. The Hall–Kier alpha value is -0.340. The third kappa shape index (κ3) is 1.54. The van der Waals surface area contributed by atoms with Crippen LogP contribution in [-0.2, 0) is 0 Å². The van der Waals surface area contributed by atoms with Crippen molar-refractivity contribution in [3.63, 3.8) is 0 Å². The van der Waals surface area contributed by atoms with Crippen LogP contribution in [0.1, 0.15) is 58.8 Å². The summed E-state index contributed by atoms with van der Waals surface area (Å²) in [6.07, 6.45) is 11.9. The lowest BCUT2D eigenvalue weighted by molar-refractivity contribution is -0.171. The summed E-state index contributed by atoms with van der Waals surface area (Å²) < 4.78 is 0. The molecule has 5 rings (SSSR count). The molecule has 7 atom stereocenters. The minimum Gasteiger partial charge on any atom is -0.396 e. The zero-order valence-corrected chi connectivity index (χ0v) is 14.9. The quantitative estimate of drug-likeness (QED) is 0.782. The second kappa shape index (κ2) is 4.85. The molecule has 0 spiro atoms. The van der Waals surface area contributed by atoms with E-state index < -0.39 is 0 Å². The molecule has 2 saturated heterocycles. The van der Waals surface area contributed by atoms with Crippen molar-refractivity contribution in [2.45, 2.75) is 64.8 Å². The number of nitrogens with zero attached hydrogens (tertiary/aromatic N) is 1. The molecule has 128 valence electrons. The molecule has 2 aliphatic heterocycles. The number of fused-ring (bicyclic) bond motifs is 1. The van der Waals surface area contributed by atoms with E-state index in [0.717, 1.165) is 29.7 Å². The maximum absolute atomic E-state index is 10.8. The van der Waals surface area contributed by atoms with E-state index in [2.05, 4.69) is 24.8 Å². The monoisotopic (exact) mass is 315 g/mol. The van der Waals surface area contributed by atoms with Crippen molar-refractivity contribution in [1.29, 1.82) is 0 Å². The first kappa shape index (κ1) is 15.0. The van der Waals surface area contributed by atoms with E-state index >= 15 is 0 Å². The summed E-state index contributed by atoms with van der Waals surface area (Å²) in [5.41, 5.74) is 2.29. The van der Waals surface area contributed by atoms with Crippen LogP contribution in [-0.4, -0.2) is 35.7 Å². The van der Waals surface area contributed by atoms with Gasteiger partial charge in [0.1, 0.15) is 0 Å². The fourth-order valence-electron chi connectivity index (χ4n) is 8.43. The molecule has 2 heterocycles. The number of aliphatic hydroxyl groups excluding tert-OH is 1. The first-order chi connectivity index (χ1) is 11.2. The fourth-order valence-corrected chi connectivity index (χ4v) is 8.43. The summed E-state index contributed by atoms with van der Waals surface area (Å²) in [7, 11) is 0. The molecule has 0 aromatic heterocycles. The minimum atomic E-state index is 0.189. The molecular formula is C21H33NO. The number of aliphatic hydroxyl groups is 1. The molecule has 2 heteroatoms. The van der Waals surface area contributed by atoms with Crippen molar-refractivity contribution < 1.29 is 5.11 Å². The van der Waals surface area contributed by atoms with Gasteiger partial charge < -0.3 is 5.11 Å². The fraction of sp³-hybridized carbons (Fsp3) is 0.905. The zero-order chi connectivity index (χ0) is 15.8. The Bertz CT molecular complexity index is 542. The van der Waals surface area contributed by atoms with Crippen LogP contribution in [0.4, 0.5) is 0 Å². The van der Waals surface area contributed by atoms with Crippen LogP contribution in [0.2, 0.25) is 0 Å². The van der Waals surface area contributed by atoms with Gasteiger partial charge in [-0.2, -0.15) is 0 Å². The number of rotatable bonds is 2. The maximum atomic E-state index is 10.8. The van der Waals surface area contributed by atoms with Gasteiger partial charge in [0.2, 0.25) is 0 Å². The van der Waals surface area contributed by atoms with Crippen LogP contribution in [0, 0.1) is 34.5 Å². The summed E-state index contributed by atoms with van der Waals surface area (Å²) in [5.74, 6) is 3.28. The smallest absolute Gasteiger partial charge is 0.0499 e. The van der Waals surface area contributed by atoms with Gasteiger partial charge in [0.15, 0.2) is 0 Å². The van der Waals surface area contributed by atoms with Crippen molar-refractivity contribution in [2.24, 2.45) is 34.5 Å². The van der Waals surface area contributed by atoms with E-state index in [1.54, 1.807) is 0 Å². The van der Waals surface area contributed by atoms with Gasteiger partial charge >= 0.3 is 0 Å². The largest absolute Gasteiger partial charge is 0.396 e. The third-order valence-corrected chi connectivity index (χ3v) is 9.14. The van der Waals surface area contributed by atoms with Crippen LogP contribution >= 0.6 is 0 Å². The molecule has 2 nitrogen and oxygen atoms in total. The number of allylic oxidation sites excluding steroid dienone is 1. The van der Waals surface area contributed by atoms with E-state index in [0.29, 0.717) is 6.61 Å². The average molecular weight is 316 g/mol. The third-order valence-electron chi connectivity index (χ3n) is 9.14. The molecule has 5 aliphatic rings. The topological polar surface area (TPSA) is 23.5 Å². The highest BCUT2D eigenvalue weighted by atomic mass is 16.3. The molecule has 23 heavy (non-hydrogen) atoms. The Kier molecular flexibility index (Phi) is 3.15. The van der Waals surface area contributed by atoms with Crippen LogP contribution in [0.25, 0.3) is 0 Å². The predicted molar refractivity (Wildman–Crippen MR) is 93.0 cm³/mol. The van der Waals surface area contributed by atoms with E-state index in [1.165, 1.54) is 58.0 Å². The highest BCUT2D eigenvalue weighted by Crippen LogP contribution is 2.71. The predicted octanol–water partition coefficient (Wildman–Crippen LogP) is 3.85. The van der Waals surface area contributed by atoms with Crippen molar-refractivity contribution in [1.82, 2.24) is 4.90 Å². The summed E-state index contributed by atoms with van der Waals surface area (Å²) in [6.45, 7) is 7.95. The molecule has 3 aliphatic carbocycles. The first-order valence-corrected chi connectivity index (χ1v) is 10.2. The summed E-state index contributed by atoms with van der Waals surface area (Å²) in [6, 6.07) is 0.726. The maximum Gasteiger partial charge on any atom is 0.0499 e. The summed E-state index contributed by atoms with van der Waals surface area (Å²) in [5, 5.41) is 10.8. The Morgan fingerprint density at radius 2 is 2.09 bits per heavy atom. The van der Waals surface area contributed by atoms with E-state index in [4.69, 9.17) is 0 Å². The Morgan fingerprint density at radius 3 is 2.87 bits per heavy atom. The van der Waals surface area contributed by atoms with Crippen LogP contribution in [0.15, 0.2) is 11.6 Å². The van der Waals surface area contributed by atoms with Crippen molar-refractivity contribution >= 4 is 0 Å². The second-order valence-electron chi connectivity index (χ2n) is 9.43. The van der Waals surface area contributed by atoms with Crippen LogP contribution in [0.3, 0.4) is 0 Å². The number of hydrogen-bond donors (Lipinski definition) is 1. The molecule has 0 amide bonds. The Morgan fingerprint density at radius 1 is 1.22 bits per heavy atom. The molecule has 0 aromatic carbocycles. The lowest BCUT2D eigenvalue weighted by Gasteiger charge is -2.66. The highest BCUT2D eigenvalue weighted by Gasteiger charge is 2.70. The van der Waals surface area contributed by atoms with Crippen molar-refractivity contribution in [3.8, 4) is 0 Å². The van der Waals surface area contributed by atoms with Gasteiger partial charge in [-0.15, -0.1) is 0 Å². The second-order valence-corrected chi connectivity index (χ2v) is 9.43. The van der Waals surface area contributed by atoms with E-state index in [-0.39, 0.29) is 10.8 Å². The Labute approximate surface area is 141 Å². The number of hydrogen-bond acceptors (Lipinski definition) is 2. The van der Waals surface area contributed by atoms with Crippen molar-refractivity contribution in [3.05, 3.63) is 11.6 Å². The lowest BCUT2D eigenvalue weighted by atomic mass is 9.42. The molecule has 0 aromatic rings. The molecular weight excluding hydrogens is 282 g/mol. The SMILES string of the molecule is CC[C@@]12C3=CCC[C@H]3CC[C@@H]3CN4C[C@@H](C)[C@@H](CC[C@@]31CO)[C@@H]42. The molecule has 1 N–H and O–H groups in total. The summed E-state index contributed by atoms with van der Waals surface area (Å²) in [4.78, 5) is 2.89. The average Bonchev–Trinajstić information content (AvgIpc) is 3.14. The van der Waals surface area contributed by atoms with Gasteiger partial charge in [0, 0.05) is 36.6 Å². The standard InChI is InChI=1S/C21H33NO/c1-3-21-18-6-4-5-15(18)7-8-16-12-22-11-14(2)17(19(21)22)9-10-20(16,21)13-23/h6,14-17,19,23H,3-5,7-13H2,1-2H3/t14-,15+,16-,17-,19-,20-,21+/m1/s1. The van der Waals surface area contributed by atoms with Gasteiger partial charge in [-0.1, -0.05) is 25.5 Å².